The Balaban J connectivity index is 1.46. The van der Waals surface area contributed by atoms with E-state index in [0.29, 0.717) is 12.1 Å². The van der Waals surface area contributed by atoms with Gasteiger partial charge >= 0.3 is 0 Å². The van der Waals surface area contributed by atoms with Crippen molar-refractivity contribution in [3.05, 3.63) is 90.5 Å². The lowest BCUT2D eigenvalue weighted by atomic mass is 10.1. The van der Waals surface area contributed by atoms with Gasteiger partial charge in [-0.25, -0.2) is 0 Å². The Morgan fingerprint density at radius 3 is 2.19 bits per heavy atom. The van der Waals surface area contributed by atoms with E-state index in [1.165, 1.54) is 0 Å². The van der Waals surface area contributed by atoms with Crippen LogP contribution in [0.5, 0.6) is 0 Å². The first-order valence-corrected chi connectivity index (χ1v) is 9.31. The molecule has 1 aliphatic rings. The summed E-state index contributed by atoms with van der Waals surface area (Å²) in [7, 11) is 0. The van der Waals surface area contributed by atoms with Gasteiger partial charge in [-0.1, -0.05) is 48.5 Å². The zero-order valence-corrected chi connectivity index (χ0v) is 15.1. The predicted molar refractivity (Wildman–Crippen MR) is 111 cm³/mol. The Hall–Kier alpha value is -3.27. The van der Waals surface area contributed by atoms with Crippen LogP contribution in [0.2, 0.25) is 0 Å². The van der Waals surface area contributed by atoms with Gasteiger partial charge < -0.3 is 15.5 Å². The van der Waals surface area contributed by atoms with Gasteiger partial charge in [0.2, 0.25) is 0 Å². The first kappa shape index (κ1) is 17.2. The highest BCUT2D eigenvalue weighted by Gasteiger charge is 2.28. The highest BCUT2D eigenvalue weighted by Crippen LogP contribution is 2.24. The van der Waals surface area contributed by atoms with Crippen LogP contribution in [0.4, 0.5) is 17.1 Å². The van der Waals surface area contributed by atoms with Crippen LogP contribution in [-0.4, -0.2) is 29.9 Å². The Labute approximate surface area is 159 Å². The first-order valence-electron chi connectivity index (χ1n) is 9.31. The van der Waals surface area contributed by atoms with Gasteiger partial charge in [-0.05, 0) is 42.8 Å². The average molecular weight is 357 g/mol. The van der Waals surface area contributed by atoms with Crippen LogP contribution in [-0.2, 0) is 0 Å². The molecule has 1 atom stereocenters. The third-order valence-electron chi connectivity index (χ3n) is 4.83. The topological polar surface area (TPSA) is 44.4 Å². The van der Waals surface area contributed by atoms with E-state index in [-0.39, 0.29) is 11.9 Å². The van der Waals surface area contributed by atoms with Crippen LogP contribution in [0.3, 0.4) is 0 Å². The SMILES string of the molecule is O=C(c1ccccc1Nc1ccccc1)N1CCC(Nc2ccccc2)C1. The van der Waals surface area contributed by atoms with Crippen molar-refractivity contribution < 1.29 is 4.79 Å². The maximum atomic E-state index is 13.1. The molecule has 4 rings (SSSR count). The minimum Gasteiger partial charge on any atom is -0.380 e. The van der Waals surface area contributed by atoms with Crippen molar-refractivity contribution >= 4 is 23.0 Å². The average Bonchev–Trinajstić information content (AvgIpc) is 3.18. The van der Waals surface area contributed by atoms with Crippen molar-refractivity contribution in [3.63, 3.8) is 0 Å². The summed E-state index contributed by atoms with van der Waals surface area (Å²) in [6.45, 7) is 1.48. The van der Waals surface area contributed by atoms with Crippen molar-refractivity contribution in [2.24, 2.45) is 0 Å². The van der Waals surface area contributed by atoms with Crippen molar-refractivity contribution in [1.82, 2.24) is 4.90 Å². The molecule has 1 heterocycles. The number of nitrogens with one attached hydrogen (secondary N) is 2. The largest absolute Gasteiger partial charge is 0.380 e. The Morgan fingerprint density at radius 2 is 1.44 bits per heavy atom. The van der Waals surface area contributed by atoms with E-state index in [9.17, 15) is 4.79 Å². The molecular formula is C23H23N3O. The van der Waals surface area contributed by atoms with Crippen molar-refractivity contribution in [2.45, 2.75) is 12.5 Å². The van der Waals surface area contributed by atoms with Gasteiger partial charge in [-0.3, -0.25) is 4.79 Å². The quantitative estimate of drug-likeness (QED) is 0.692. The summed E-state index contributed by atoms with van der Waals surface area (Å²) < 4.78 is 0. The Kier molecular flexibility index (Phi) is 5.06. The summed E-state index contributed by atoms with van der Waals surface area (Å²) in [6, 6.07) is 28.1. The summed E-state index contributed by atoms with van der Waals surface area (Å²) in [6.07, 6.45) is 0.953. The van der Waals surface area contributed by atoms with Crippen LogP contribution in [0.15, 0.2) is 84.9 Å². The maximum absolute atomic E-state index is 13.1. The fourth-order valence-electron chi connectivity index (χ4n) is 3.46. The number of carbonyl (C=O) groups is 1. The number of amides is 1. The molecule has 1 aliphatic heterocycles. The second-order valence-electron chi connectivity index (χ2n) is 6.78. The van der Waals surface area contributed by atoms with Gasteiger partial charge in [-0.15, -0.1) is 0 Å². The van der Waals surface area contributed by atoms with E-state index in [4.69, 9.17) is 0 Å². The summed E-state index contributed by atoms with van der Waals surface area (Å²) in [5, 5.41) is 6.89. The minimum atomic E-state index is 0.0754. The number of hydrogen-bond donors (Lipinski definition) is 2. The van der Waals surface area contributed by atoms with Crippen LogP contribution >= 0.6 is 0 Å². The number of benzene rings is 3. The van der Waals surface area contributed by atoms with Gasteiger partial charge in [0, 0.05) is 30.5 Å². The molecular weight excluding hydrogens is 334 g/mol. The van der Waals surface area contributed by atoms with E-state index in [1.807, 2.05) is 77.7 Å². The van der Waals surface area contributed by atoms with E-state index in [2.05, 4.69) is 22.8 Å². The third kappa shape index (κ3) is 4.11. The summed E-state index contributed by atoms with van der Waals surface area (Å²) in [5.41, 5.74) is 3.63. The van der Waals surface area contributed by atoms with Crippen molar-refractivity contribution in [1.29, 1.82) is 0 Å². The number of anilines is 3. The molecule has 0 saturated carbocycles. The molecule has 27 heavy (non-hydrogen) atoms. The Morgan fingerprint density at radius 1 is 0.815 bits per heavy atom. The highest BCUT2D eigenvalue weighted by molar-refractivity contribution is 6.00. The molecule has 4 nitrogen and oxygen atoms in total. The number of rotatable bonds is 5. The maximum Gasteiger partial charge on any atom is 0.256 e. The van der Waals surface area contributed by atoms with E-state index in [0.717, 1.165) is 30.0 Å². The predicted octanol–water partition coefficient (Wildman–Crippen LogP) is 4.76. The van der Waals surface area contributed by atoms with Gasteiger partial charge in [-0.2, -0.15) is 0 Å². The number of nitrogens with zero attached hydrogens (tertiary/aromatic N) is 1. The van der Waals surface area contributed by atoms with E-state index < -0.39 is 0 Å². The van der Waals surface area contributed by atoms with Crippen LogP contribution in [0, 0.1) is 0 Å². The van der Waals surface area contributed by atoms with Crippen LogP contribution in [0.25, 0.3) is 0 Å². The smallest absolute Gasteiger partial charge is 0.256 e. The molecule has 0 aliphatic carbocycles. The molecule has 3 aromatic carbocycles. The standard InChI is InChI=1S/C23H23N3O/c27-23(26-16-15-20(17-26)24-18-9-3-1-4-10-18)21-13-7-8-14-22(21)25-19-11-5-2-6-12-19/h1-14,20,24-25H,15-17H2. The zero-order chi connectivity index (χ0) is 18.5. The molecule has 0 spiro atoms. The molecule has 0 bridgehead atoms. The molecule has 0 aromatic heterocycles. The lowest BCUT2D eigenvalue weighted by Gasteiger charge is -2.20. The molecule has 1 fully saturated rings. The van der Waals surface area contributed by atoms with Gasteiger partial charge in [0.25, 0.3) is 5.91 Å². The number of carbonyl (C=O) groups excluding carboxylic acids is 1. The number of likely N-dealkylation sites (tertiary alicyclic amines) is 1. The summed E-state index contributed by atoms with van der Waals surface area (Å²) in [4.78, 5) is 15.1. The van der Waals surface area contributed by atoms with Crippen molar-refractivity contribution in [2.75, 3.05) is 23.7 Å². The molecule has 2 N–H and O–H groups in total. The molecule has 136 valence electrons. The lowest BCUT2D eigenvalue weighted by Crippen LogP contribution is -2.32. The first-order chi connectivity index (χ1) is 13.3. The van der Waals surface area contributed by atoms with Gasteiger partial charge in [0.1, 0.15) is 0 Å². The fourth-order valence-corrected chi connectivity index (χ4v) is 3.46. The van der Waals surface area contributed by atoms with Crippen LogP contribution in [0.1, 0.15) is 16.8 Å². The fraction of sp³-hybridized carbons (Fsp3) is 0.174. The minimum absolute atomic E-state index is 0.0754. The second kappa shape index (κ2) is 7.96. The molecule has 1 amide bonds. The van der Waals surface area contributed by atoms with Gasteiger partial charge in [0.15, 0.2) is 0 Å². The molecule has 3 aromatic rings. The monoisotopic (exact) mass is 357 g/mol. The molecule has 1 unspecified atom stereocenters. The van der Waals surface area contributed by atoms with Crippen molar-refractivity contribution in [3.8, 4) is 0 Å². The molecule has 1 saturated heterocycles. The van der Waals surface area contributed by atoms with Gasteiger partial charge in [0.05, 0.1) is 11.3 Å². The second-order valence-corrected chi connectivity index (χ2v) is 6.78. The van der Waals surface area contributed by atoms with Crippen LogP contribution < -0.4 is 10.6 Å². The molecule has 4 heteroatoms. The van der Waals surface area contributed by atoms with E-state index >= 15 is 0 Å². The highest BCUT2D eigenvalue weighted by atomic mass is 16.2. The summed E-state index contributed by atoms with van der Waals surface area (Å²) in [5.74, 6) is 0.0754. The number of para-hydroxylation sites is 3. The Bertz CT molecular complexity index is 896. The number of hydrogen-bond acceptors (Lipinski definition) is 3. The molecule has 0 radical (unpaired) electrons. The van der Waals surface area contributed by atoms with E-state index in [1.54, 1.807) is 0 Å². The normalized spacial score (nSPS) is 16.1. The summed E-state index contributed by atoms with van der Waals surface area (Å²) >= 11 is 0. The third-order valence-corrected chi connectivity index (χ3v) is 4.83. The lowest BCUT2D eigenvalue weighted by molar-refractivity contribution is 0.0792. The zero-order valence-electron chi connectivity index (χ0n) is 15.1.